The molecule has 1 atom stereocenters. The van der Waals surface area contributed by atoms with Gasteiger partial charge in [0.05, 0.1) is 6.10 Å². The molecule has 0 spiro atoms. The van der Waals surface area contributed by atoms with Crippen molar-refractivity contribution in [1.29, 1.82) is 0 Å². The second kappa shape index (κ2) is 5.39. The van der Waals surface area contributed by atoms with Gasteiger partial charge in [-0.3, -0.25) is 0 Å². The first-order chi connectivity index (χ1) is 6.68. The number of carboxylic acid groups (broad SMARTS) is 1. The molecular weight excluding hydrogens is 188 g/mol. The van der Waals surface area contributed by atoms with Crippen LogP contribution in [0.4, 0.5) is 0 Å². The first-order valence-corrected chi connectivity index (χ1v) is 4.38. The number of carbonyl (C=O) groups is 2. The Morgan fingerprint density at radius 2 is 2.29 bits per heavy atom. The number of rotatable bonds is 4. The minimum absolute atomic E-state index is 0.0304. The first-order valence-electron chi connectivity index (χ1n) is 4.38. The smallest absolute Gasteiger partial charge is 0.331 e. The number of esters is 1. The molecule has 1 unspecified atom stereocenters. The lowest BCUT2D eigenvalue weighted by Crippen LogP contribution is -2.16. The summed E-state index contributed by atoms with van der Waals surface area (Å²) < 4.78 is 9.97. The zero-order valence-corrected chi connectivity index (χ0v) is 7.64. The number of hydrogen-bond donors (Lipinski definition) is 1. The van der Waals surface area contributed by atoms with Crippen molar-refractivity contribution in [3.8, 4) is 0 Å². The highest BCUT2D eigenvalue weighted by Gasteiger charge is 2.16. The van der Waals surface area contributed by atoms with E-state index in [2.05, 4.69) is 0 Å². The lowest BCUT2D eigenvalue weighted by molar-refractivity contribution is -0.141. The summed E-state index contributed by atoms with van der Waals surface area (Å²) in [5.41, 5.74) is 0. The van der Waals surface area contributed by atoms with Gasteiger partial charge in [0, 0.05) is 18.8 Å². The Hall–Kier alpha value is -1.36. The van der Waals surface area contributed by atoms with Gasteiger partial charge < -0.3 is 14.6 Å². The van der Waals surface area contributed by atoms with Crippen LogP contribution in [0, 0.1) is 0 Å². The maximum atomic E-state index is 10.9. The van der Waals surface area contributed by atoms with Crippen molar-refractivity contribution in [2.45, 2.75) is 18.9 Å². The average molecular weight is 200 g/mol. The van der Waals surface area contributed by atoms with Crippen molar-refractivity contribution in [1.82, 2.24) is 0 Å². The van der Waals surface area contributed by atoms with Gasteiger partial charge in [0.1, 0.15) is 6.61 Å². The molecule has 1 aliphatic rings. The molecule has 0 amide bonds. The van der Waals surface area contributed by atoms with Crippen LogP contribution in [-0.2, 0) is 19.1 Å². The predicted octanol–water partition coefficient (Wildman–Crippen LogP) is 0.349. The number of carboxylic acids is 1. The minimum atomic E-state index is -1.17. The van der Waals surface area contributed by atoms with E-state index in [1.54, 1.807) is 0 Å². The summed E-state index contributed by atoms with van der Waals surface area (Å²) in [6.07, 6.45) is 3.47. The van der Waals surface area contributed by atoms with Crippen LogP contribution in [0.1, 0.15) is 12.8 Å². The van der Waals surface area contributed by atoms with Gasteiger partial charge in [-0.2, -0.15) is 0 Å². The molecule has 1 rings (SSSR count). The van der Waals surface area contributed by atoms with E-state index in [-0.39, 0.29) is 12.7 Å². The van der Waals surface area contributed by atoms with Crippen LogP contribution < -0.4 is 0 Å². The van der Waals surface area contributed by atoms with Crippen LogP contribution in [0.2, 0.25) is 0 Å². The lowest BCUT2D eigenvalue weighted by Gasteiger charge is -2.07. The molecule has 0 radical (unpaired) electrons. The topological polar surface area (TPSA) is 72.8 Å². The van der Waals surface area contributed by atoms with Crippen LogP contribution >= 0.6 is 0 Å². The van der Waals surface area contributed by atoms with Gasteiger partial charge in [-0.15, -0.1) is 0 Å². The zero-order valence-electron chi connectivity index (χ0n) is 7.64. The molecular formula is C9H12O5. The van der Waals surface area contributed by atoms with Crippen molar-refractivity contribution in [2.75, 3.05) is 13.2 Å². The highest BCUT2D eigenvalue weighted by Crippen LogP contribution is 2.11. The van der Waals surface area contributed by atoms with E-state index in [9.17, 15) is 9.59 Å². The van der Waals surface area contributed by atoms with Crippen molar-refractivity contribution in [3.05, 3.63) is 12.2 Å². The van der Waals surface area contributed by atoms with Gasteiger partial charge in [0.15, 0.2) is 0 Å². The summed E-state index contributed by atoms with van der Waals surface area (Å²) >= 11 is 0. The van der Waals surface area contributed by atoms with E-state index in [1.807, 2.05) is 0 Å². The Bertz CT molecular complexity index is 240. The standard InChI is InChI=1S/C9H12O5/c10-8(11)3-4-9(12)14-6-7-2-1-5-13-7/h3-4,7H,1-2,5-6H2,(H,10,11). The Morgan fingerprint density at radius 3 is 2.86 bits per heavy atom. The molecule has 0 aromatic rings. The fourth-order valence-electron chi connectivity index (χ4n) is 1.14. The van der Waals surface area contributed by atoms with E-state index in [0.717, 1.165) is 25.0 Å². The molecule has 1 saturated heterocycles. The van der Waals surface area contributed by atoms with Gasteiger partial charge in [0.2, 0.25) is 0 Å². The zero-order chi connectivity index (χ0) is 10.4. The number of hydrogen-bond acceptors (Lipinski definition) is 4. The molecule has 0 saturated carbocycles. The molecule has 14 heavy (non-hydrogen) atoms. The SMILES string of the molecule is O=C(O)C=CC(=O)OCC1CCCO1. The second-order valence-electron chi connectivity index (χ2n) is 2.94. The third kappa shape index (κ3) is 4.04. The molecule has 5 heteroatoms. The third-order valence-corrected chi connectivity index (χ3v) is 1.80. The van der Waals surface area contributed by atoms with Gasteiger partial charge in [-0.05, 0) is 12.8 Å². The van der Waals surface area contributed by atoms with Crippen molar-refractivity contribution < 1.29 is 24.2 Å². The number of ether oxygens (including phenoxy) is 2. The van der Waals surface area contributed by atoms with E-state index in [4.69, 9.17) is 14.6 Å². The molecule has 78 valence electrons. The molecule has 1 heterocycles. The van der Waals surface area contributed by atoms with Crippen molar-refractivity contribution in [3.63, 3.8) is 0 Å². The first kappa shape index (κ1) is 10.7. The fraction of sp³-hybridized carbons (Fsp3) is 0.556. The summed E-state index contributed by atoms with van der Waals surface area (Å²) in [5.74, 6) is -1.82. The molecule has 0 bridgehead atoms. The van der Waals surface area contributed by atoms with Crippen LogP contribution in [0.3, 0.4) is 0 Å². The summed E-state index contributed by atoms with van der Waals surface area (Å²) in [4.78, 5) is 20.9. The molecule has 0 aliphatic carbocycles. The van der Waals surface area contributed by atoms with E-state index >= 15 is 0 Å². The second-order valence-corrected chi connectivity index (χ2v) is 2.94. The molecule has 1 aliphatic heterocycles. The Labute approximate surface area is 81.3 Å². The maximum Gasteiger partial charge on any atom is 0.331 e. The number of carbonyl (C=O) groups excluding carboxylic acids is 1. The quantitative estimate of drug-likeness (QED) is 0.523. The Balaban J connectivity index is 2.17. The predicted molar refractivity (Wildman–Crippen MR) is 46.7 cm³/mol. The Morgan fingerprint density at radius 1 is 1.50 bits per heavy atom. The number of aliphatic carboxylic acids is 1. The molecule has 0 aromatic heterocycles. The van der Waals surface area contributed by atoms with Crippen molar-refractivity contribution in [2.24, 2.45) is 0 Å². The van der Waals surface area contributed by atoms with Gasteiger partial charge in [-0.1, -0.05) is 0 Å². The van der Waals surface area contributed by atoms with Crippen molar-refractivity contribution >= 4 is 11.9 Å². The molecule has 0 aromatic carbocycles. The summed E-state index contributed by atoms with van der Waals surface area (Å²) in [5, 5.41) is 8.22. The van der Waals surface area contributed by atoms with Crippen LogP contribution in [-0.4, -0.2) is 36.4 Å². The van der Waals surface area contributed by atoms with Gasteiger partial charge in [-0.25, -0.2) is 9.59 Å². The van der Waals surface area contributed by atoms with E-state index in [1.165, 1.54) is 0 Å². The highest BCUT2D eigenvalue weighted by atomic mass is 16.6. The normalized spacial score (nSPS) is 21.3. The fourth-order valence-corrected chi connectivity index (χ4v) is 1.14. The van der Waals surface area contributed by atoms with Gasteiger partial charge >= 0.3 is 11.9 Å². The minimum Gasteiger partial charge on any atom is -0.478 e. The summed E-state index contributed by atoms with van der Waals surface area (Å²) in [6, 6.07) is 0. The molecule has 1 fully saturated rings. The lowest BCUT2D eigenvalue weighted by atomic mass is 10.2. The molecule has 5 nitrogen and oxygen atoms in total. The van der Waals surface area contributed by atoms with Crippen LogP contribution in [0.5, 0.6) is 0 Å². The Kier molecular flexibility index (Phi) is 4.12. The third-order valence-electron chi connectivity index (χ3n) is 1.80. The summed E-state index contributed by atoms with van der Waals surface area (Å²) in [6.45, 7) is 0.899. The van der Waals surface area contributed by atoms with E-state index in [0.29, 0.717) is 6.61 Å². The van der Waals surface area contributed by atoms with E-state index < -0.39 is 11.9 Å². The van der Waals surface area contributed by atoms with Crippen LogP contribution in [0.25, 0.3) is 0 Å². The van der Waals surface area contributed by atoms with Gasteiger partial charge in [0.25, 0.3) is 0 Å². The molecule has 1 N–H and O–H groups in total. The highest BCUT2D eigenvalue weighted by molar-refractivity contribution is 5.90. The average Bonchev–Trinajstić information content (AvgIpc) is 2.63. The van der Waals surface area contributed by atoms with Crippen LogP contribution in [0.15, 0.2) is 12.2 Å². The maximum absolute atomic E-state index is 10.9. The summed E-state index contributed by atoms with van der Waals surface area (Å²) in [7, 11) is 0. The monoisotopic (exact) mass is 200 g/mol. The largest absolute Gasteiger partial charge is 0.478 e.